The highest BCUT2D eigenvalue weighted by atomic mass is 15.2. The summed E-state index contributed by atoms with van der Waals surface area (Å²) >= 11 is 0. The van der Waals surface area contributed by atoms with Gasteiger partial charge in [0.2, 0.25) is 0 Å². The molecular formula is C14H26N2. The molecule has 2 aliphatic heterocycles. The third-order valence-corrected chi connectivity index (χ3v) is 5.16. The van der Waals surface area contributed by atoms with Crippen molar-refractivity contribution >= 4 is 0 Å². The van der Waals surface area contributed by atoms with E-state index in [4.69, 9.17) is 0 Å². The fourth-order valence-corrected chi connectivity index (χ4v) is 4.14. The first-order chi connectivity index (χ1) is 7.85. The molecule has 0 aromatic heterocycles. The minimum absolute atomic E-state index is 0.790. The maximum atomic E-state index is 3.73. The highest BCUT2D eigenvalue weighted by Gasteiger charge is 2.38. The number of hydrogen-bond acceptors (Lipinski definition) is 2. The number of hydrogen-bond donors (Lipinski definition) is 1. The molecule has 92 valence electrons. The van der Waals surface area contributed by atoms with Gasteiger partial charge in [0, 0.05) is 25.2 Å². The Balaban J connectivity index is 1.51. The second kappa shape index (κ2) is 4.66. The molecule has 1 N–H and O–H groups in total. The fourth-order valence-electron chi connectivity index (χ4n) is 4.14. The Kier molecular flexibility index (Phi) is 3.21. The van der Waals surface area contributed by atoms with Crippen molar-refractivity contribution in [3.05, 3.63) is 0 Å². The number of rotatable bonds is 3. The predicted octanol–water partition coefficient (Wildman–Crippen LogP) is 2.25. The molecular weight excluding hydrogens is 196 g/mol. The van der Waals surface area contributed by atoms with E-state index in [9.17, 15) is 0 Å². The first-order valence-electron chi connectivity index (χ1n) is 7.32. The van der Waals surface area contributed by atoms with Crippen molar-refractivity contribution in [3.8, 4) is 0 Å². The zero-order valence-corrected chi connectivity index (χ0v) is 10.6. The summed E-state index contributed by atoms with van der Waals surface area (Å²) < 4.78 is 0. The predicted molar refractivity (Wildman–Crippen MR) is 67.5 cm³/mol. The quantitative estimate of drug-likeness (QED) is 0.788. The number of fused-ring (bicyclic) bond motifs is 2. The van der Waals surface area contributed by atoms with Crippen LogP contribution in [0.4, 0.5) is 0 Å². The van der Waals surface area contributed by atoms with E-state index in [0.717, 1.165) is 23.9 Å². The largest absolute Gasteiger partial charge is 0.313 e. The van der Waals surface area contributed by atoms with E-state index in [2.05, 4.69) is 17.1 Å². The normalized spacial score (nSPS) is 44.1. The van der Waals surface area contributed by atoms with Crippen molar-refractivity contribution < 1.29 is 0 Å². The van der Waals surface area contributed by atoms with Gasteiger partial charge in [0.1, 0.15) is 0 Å². The number of likely N-dealkylation sites (tertiary alicyclic amines) is 1. The molecule has 4 unspecified atom stereocenters. The van der Waals surface area contributed by atoms with Gasteiger partial charge in [-0.25, -0.2) is 0 Å². The molecule has 1 aliphatic carbocycles. The molecule has 0 amide bonds. The van der Waals surface area contributed by atoms with Gasteiger partial charge in [0.15, 0.2) is 0 Å². The molecule has 0 radical (unpaired) electrons. The summed E-state index contributed by atoms with van der Waals surface area (Å²) in [5.41, 5.74) is 0. The highest BCUT2D eigenvalue weighted by Crippen LogP contribution is 2.37. The lowest BCUT2D eigenvalue weighted by Crippen LogP contribution is -2.47. The molecule has 2 saturated heterocycles. The molecule has 0 spiro atoms. The Bertz CT molecular complexity index is 241. The van der Waals surface area contributed by atoms with Gasteiger partial charge >= 0.3 is 0 Å². The van der Waals surface area contributed by atoms with Crippen LogP contribution in [0.3, 0.4) is 0 Å². The van der Waals surface area contributed by atoms with Crippen LogP contribution in [0.5, 0.6) is 0 Å². The van der Waals surface area contributed by atoms with Gasteiger partial charge < -0.3 is 5.32 Å². The summed E-state index contributed by atoms with van der Waals surface area (Å²) in [4.78, 5) is 2.78. The van der Waals surface area contributed by atoms with Gasteiger partial charge in [-0.2, -0.15) is 0 Å². The van der Waals surface area contributed by atoms with Gasteiger partial charge in [0.25, 0.3) is 0 Å². The molecule has 0 aromatic rings. The molecule has 0 aromatic carbocycles. The van der Waals surface area contributed by atoms with Crippen LogP contribution in [-0.2, 0) is 0 Å². The highest BCUT2D eigenvalue weighted by molar-refractivity contribution is 4.94. The summed E-state index contributed by atoms with van der Waals surface area (Å²) in [7, 11) is 0. The van der Waals surface area contributed by atoms with Crippen LogP contribution in [0.2, 0.25) is 0 Å². The monoisotopic (exact) mass is 222 g/mol. The van der Waals surface area contributed by atoms with Crippen LogP contribution in [0.15, 0.2) is 0 Å². The van der Waals surface area contributed by atoms with Crippen molar-refractivity contribution in [2.24, 2.45) is 11.8 Å². The van der Waals surface area contributed by atoms with E-state index >= 15 is 0 Å². The lowest BCUT2D eigenvalue weighted by molar-refractivity contribution is 0.165. The number of piperidine rings is 2. The third kappa shape index (κ3) is 2.14. The zero-order chi connectivity index (χ0) is 11.0. The molecule has 1 saturated carbocycles. The van der Waals surface area contributed by atoms with Crippen molar-refractivity contribution in [1.29, 1.82) is 0 Å². The molecule has 3 aliphatic rings. The Morgan fingerprint density at radius 2 is 2.12 bits per heavy atom. The maximum Gasteiger partial charge on any atom is 0.0197 e. The Morgan fingerprint density at radius 3 is 2.81 bits per heavy atom. The Hall–Kier alpha value is -0.0800. The molecule has 3 rings (SSSR count). The van der Waals surface area contributed by atoms with Crippen LogP contribution >= 0.6 is 0 Å². The summed E-state index contributed by atoms with van der Waals surface area (Å²) in [6, 6.07) is 1.74. The molecule has 2 nitrogen and oxygen atoms in total. The Morgan fingerprint density at radius 1 is 1.19 bits per heavy atom. The maximum absolute atomic E-state index is 3.73. The van der Waals surface area contributed by atoms with Crippen LogP contribution in [0.25, 0.3) is 0 Å². The third-order valence-electron chi connectivity index (χ3n) is 5.16. The summed E-state index contributed by atoms with van der Waals surface area (Å²) in [6.45, 7) is 6.34. The van der Waals surface area contributed by atoms with Gasteiger partial charge in [-0.15, -0.1) is 0 Å². The topological polar surface area (TPSA) is 15.3 Å². The summed E-state index contributed by atoms with van der Waals surface area (Å²) in [5, 5.41) is 3.73. The van der Waals surface area contributed by atoms with Crippen LogP contribution in [-0.4, -0.2) is 36.6 Å². The van der Waals surface area contributed by atoms with E-state index < -0.39 is 0 Å². The molecule has 16 heavy (non-hydrogen) atoms. The van der Waals surface area contributed by atoms with E-state index in [1.54, 1.807) is 0 Å². The summed E-state index contributed by atoms with van der Waals surface area (Å²) in [6.07, 6.45) is 8.70. The van der Waals surface area contributed by atoms with E-state index in [1.807, 2.05) is 0 Å². The minimum atomic E-state index is 0.790. The van der Waals surface area contributed by atoms with Crippen LogP contribution < -0.4 is 5.32 Å². The van der Waals surface area contributed by atoms with Crippen molar-refractivity contribution in [3.63, 3.8) is 0 Å². The van der Waals surface area contributed by atoms with Crippen molar-refractivity contribution in [1.82, 2.24) is 10.2 Å². The number of nitrogens with one attached hydrogen (secondary N) is 1. The average molecular weight is 222 g/mol. The molecule has 2 heterocycles. The van der Waals surface area contributed by atoms with Crippen LogP contribution in [0, 0.1) is 11.8 Å². The molecule has 2 heteroatoms. The fraction of sp³-hybridized carbons (Fsp3) is 1.00. The van der Waals surface area contributed by atoms with Gasteiger partial charge in [0.05, 0.1) is 0 Å². The SMILES string of the molecule is CCC1CCNC(CN2CC3CCC2C3)C1. The zero-order valence-electron chi connectivity index (χ0n) is 10.6. The molecule has 2 bridgehead atoms. The van der Waals surface area contributed by atoms with Crippen LogP contribution in [0.1, 0.15) is 45.4 Å². The second-order valence-electron chi connectivity index (χ2n) is 6.24. The van der Waals surface area contributed by atoms with E-state index in [-0.39, 0.29) is 0 Å². The minimum Gasteiger partial charge on any atom is -0.313 e. The lowest BCUT2D eigenvalue weighted by Gasteiger charge is -2.35. The van der Waals surface area contributed by atoms with E-state index in [1.165, 1.54) is 58.2 Å². The van der Waals surface area contributed by atoms with Gasteiger partial charge in [-0.05, 0) is 50.5 Å². The lowest BCUT2D eigenvalue weighted by atomic mass is 9.90. The van der Waals surface area contributed by atoms with Crippen molar-refractivity contribution in [2.45, 2.75) is 57.5 Å². The first kappa shape index (κ1) is 11.0. The van der Waals surface area contributed by atoms with Gasteiger partial charge in [-0.1, -0.05) is 13.3 Å². The van der Waals surface area contributed by atoms with Crippen molar-refractivity contribution in [2.75, 3.05) is 19.6 Å². The number of nitrogens with zero attached hydrogens (tertiary/aromatic N) is 1. The van der Waals surface area contributed by atoms with Gasteiger partial charge in [-0.3, -0.25) is 4.90 Å². The second-order valence-corrected chi connectivity index (χ2v) is 6.24. The first-order valence-corrected chi connectivity index (χ1v) is 7.32. The average Bonchev–Trinajstić information content (AvgIpc) is 2.91. The summed E-state index contributed by atoms with van der Waals surface area (Å²) in [5.74, 6) is 2.04. The van der Waals surface area contributed by atoms with E-state index in [0.29, 0.717) is 0 Å². The molecule has 4 atom stereocenters. The Labute approximate surface area is 99.8 Å². The smallest absolute Gasteiger partial charge is 0.0197 e. The standard InChI is InChI=1S/C14H26N2/c1-2-11-5-6-15-13(7-11)10-16-9-12-3-4-14(16)8-12/h11-15H,2-10H2,1H3. The molecule has 3 fully saturated rings.